The largest absolute Gasteiger partial charge is 0.350 e. The number of benzene rings is 1. The molecule has 1 aliphatic heterocycles. The molecule has 1 aromatic carbocycles. The van der Waals surface area contributed by atoms with Crippen LogP contribution >= 0.6 is 0 Å². The molecule has 4 N–H and O–H groups in total. The van der Waals surface area contributed by atoms with Crippen LogP contribution in [0.15, 0.2) is 24.3 Å². The lowest BCUT2D eigenvalue weighted by Gasteiger charge is -2.31. The molecule has 1 aromatic heterocycles. The first-order valence-corrected chi connectivity index (χ1v) is 10.6. The first-order chi connectivity index (χ1) is 12.4. The van der Waals surface area contributed by atoms with Crippen LogP contribution in [0.4, 0.5) is 0 Å². The van der Waals surface area contributed by atoms with Gasteiger partial charge in [0, 0.05) is 30.0 Å². The van der Waals surface area contributed by atoms with Crippen LogP contribution in [0.2, 0.25) is 0 Å². The average Bonchev–Trinajstić information content (AvgIpc) is 3.06. The molecule has 2 aromatic rings. The number of aryl methyl sites for hydroxylation is 1. The van der Waals surface area contributed by atoms with Crippen LogP contribution in [0.25, 0.3) is 10.9 Å². The summed E-state index contributed by atoms with van der Waals surface area (Å²) in [4.78, 5) is 15.7. The summed E-state index contributed by atoms with van der Waals surface area (Å²) in [6.45, 7) is 3.24. The minimum absolute atomic E-state index is 0.0176. The van der Waals surface area contributed by atoms with Crippen molar-refractivity contribution < 1.29 is 13.2 Å². The van der Waals surface area contributed by atoms with Gasteiger partial charge in [0.15, 0.2) is 0 Å². The first kappa shape index (κ1) is 18.9. The smallest absolute Gasteiger partial charge is 0.267 e. The molecule has 0 unspecified atom stereocenters. The second kappa shape index (κ2) is 7.77. The minimum atomic E-state index is -3.24. The molecule has 0 aliphatic carbocycles. The number of hydrogen-bond donors (Lipinski definition) is 3. The highest BCUT2D eigenvalue weighted by atomic mass is 32.2. The molecular weight excluding hydrogens is 352 g/mol. The van der Waals surface area contributed by atoms with E-state index in [2.05, 4.69) is 10.3 Å². The van der Waals surface area contributed by atoms with E-state index in [1.165, 1.54) is 4.31 Å². The van der Waals surface area contributed by atoms with Crippen molar-refractivity contribution in [2.75, 3.05) is 25.4 Å². The van der Waals surface area contributed by atoms with E-state index in [4.69, 9.17) is 5.73 Å². The zero-order chi connectivity index (χ0) is 18.7. The number of sulfonamides is 1. The minimum Gasteiger partial charge on any atom is -0.350 e. The monoisotopic (exact) mass is 378 g/mol. The normalized spacial score (nSPS) is 16.8. The Balaban J connectivity index is 1.58. The van der Waals surface area contributed by atoms with Crippen LogP contribution < -0.4 is 11.1 Å². The van der Waals surface area contributed by atoms with E-state index < -0.39 is 10.0 Å². The summed E-state index contributed by atoms with van der Waals surface area (Å²) >= 11 is 0. The second-order valence-electron chi connectivity index (χ2n) is 6.83. The van der Waals surface area contributed by atoms with Crippen molar-refractivity contribution in [2.24, 2.45) is 5.73 Å². The Morgan fingerprint density at radius 1 is 1.35 bits per heavy atom. The zero-order valence-corrected chi connectivity index (χ0v) is 15.8. The van der Waals surface area contributed by atoms with Crippen molar-refractivity contribution in [3.63, 3.8) is 0 Å². The quantitative estimate of drug-likeness (QED) is 0.705. The standard InChI is InChI=1S/C18H26N4O3S/c1-13-4-2-5-14-12-16(21-17(13)14)18(23)20-15-6-9-22(10-7-15)26(24,25)11-3-8-19/h2,4-5,12,15,21H,3,6-11,19H2,1H3,(H,20,23). The van der Waals surface area contributed by atoms with Crippen LogP contribution in [0.5, 0.6) is 0 Å². The summed E-state index contributed by atoms with van der Waals surface area (Å²) in [7, 11) is -3.24. The molecule has 1 aliphatic rings. The lowest BCUT2D eigenvalue weighted by molar-refractivity contribution is 0.0919. The maximum absolute atomic E-state index is 12.5. The molecule has 1 saturated heterocycles. The summed E-state index contributed by atoms with van der Waals surface area (Å²) in [5, 5.41) is 4.03. The number of fused-ring (bicyclic) bond motifs is 1. The number of rotatable bonds is 6. The van der Waals surface area contributed by atoms with Gasteiger partial charge in [-0.05, 0) is 44.4 Å². The highest BCUT2D eigenvalue weighted by Gasteiger charge is 2.28. The Labute approximate surface area is 154 Å². The van der Waals surface area contributed by atoms with Crippen molar-refractivity contribution in [1.29, 1.82) is 0 Å². The molecule has 2 heterocycles. The van der Waals surface area contributed by atoms with E-state index in [0.29, 0.717) is 44.6 Å². The topological polar surface area (TPSA) is 108 Å². The number of carbonyl (C=O) groups is 1. The van der Waals surface area contributed by atoms with Gasteiger partial charge in [0.05, 0.1) is 5.75 Å². The predicted octanol–water partition coefficient (Wildman–Crippen LogP) is 1.35. The molecule has 0 spiro atoms. The number of nitrogens with zero attached hydrogens (tertiary/aromatic N) is 1. The van der Waals surface area contributed by atoms with Gasteiger partial charge in [-0.3, -0.25) is 4.79 Å². The predicted molar refractivity (Wildman–Crippen MR) is 103 cm³/mol. The molecule has 1 fully saturated rings. The number of amides is 1. The van der Waals surface area contributed by atoms with E-state index in [9.17, 15) is 13.2 Å². The molecule has 142 valence electrons. The Morgan fingerprint density at radius 2 is 2.08 bits per heavy atom. The number of nitrogens with one attached hydrogen (secondary N) is 2. The van der Waals surface area contributed by atoms with Gasteiger partial charge in [-0.1, -0.05) is 18.2 Å². The van der Waals surface area contributed by atoms with Gasteiger partial charge in [-0.25, -0.2) is 12.7 Å². The Kier molecular flexibility index (Phi) is 5.64. The van der Waals surface area contributed by atoms with Gasteiger partial charge < -0.3 is 16.0 Å². The fourth-order valence-corrected chi connectivity index (χ4v) is 4.92. The van der Waals surface area contributed by atoms with E-state index in [0.717, 1.165) is 16.5 Å². The molecule has 0 saturated carbocycles. The summed E-state index contributed by atoms with van der Waals surface area (Å²) < 4.78 is 25.9. The number of nitrogens with two attached hydrogens (primary N) is 1. The van der Waals surface area contributed by atoms with E-state index >= 15 is 0 Å². The number of carbonyl (C=O) groups excluding carboxylic acids is 1. The number of hydrogen-bond acceptors (Lipinski definition) is 4. The Hall–Kier alpha value is -1.90. The molecule has 0 radical (unpaired) electrons. The lowest BCUT2D eigenvalue weighted by atomic mass is 10.1. The molecule has 7 nitrogen and oxygen atoms in total. The van der Waals surface area contributed by atoms with E-state index in [1.807, 2.05) is 31.2 Å². The van der Waals surface area contributed by atoms with Crippen molar-refractivity contribution >= 4 is 26.8 Å². The highest BCUT2D eigenvalue weighted by Crippen LogP contribution is 2.20. The van der Waals surface area contributed by atoms with Crippen molar-refractivity contribution in [3.05, 3.63) is 35.5 Å². The number of H-pyrrole nitrogens is 1. The fraction of sp³-hybridized carbons (Fsp3) is 0.500. The van der Waals surface area contributed by atoms with Crippen molar-refractivity contribution in [2.45, 2.75) is 32.2 Å². The molecule has 1 amide bonds. The number of piperidine rings is 1. The van der Waals surface area contributed by atoms with Crippen molar-refractivity contribution in [1.82, 2.24) is 14.6 Å². The maximum Gasteiger partial charge on any atom is 0.267 e. The van der Waals surface area contributed by atoms with E-state index in [-0.39, 0.29) is 17.7 Å². The van der Waals surface area contributed by atoms with Crippen LogP contribution in [-0.4, -0.2) is 55.0 Å². The second-order valence-corrected chi connectivity index (χ2v) is 8.92. The SMILES string of the molecule is Cc1cccc2cc(C(=O)NC3CCN(S(=O)(=O)CCCN)CC3)[nH]c12. The number of para-hydroxylation sites is 1. The molecule has 3 rings (SSSR count). The summed E-state index contributed by atoms with van der Waals surface area (Å²) in [6.07, 6.45) is 1.71. The molecular formula is C18H26N4O3S. The van der Waals surface area contributed by atoms with Crippen LogP contribution in [0.1, 0.15) is 35.3 Å². The van der Waals surface area contributed by atoms with Gasteiger partial charge >= 0.3 is 0 Å². The highest BCUT2D eigenvalue weighted by molar-refractivity contribution is 7.89. The summed E-state index contributed by atoms with van der Waals surface area (Å²) in [6, 6.07) is 7.77. The first-order valence-electron chi connectivity index (χ1n) is 8.98. The lowest BCUT2D eigenvalue weighted by Crippen LogP contribution is -2.47. The Morgan fingerprint density at radius 3 is 2.73 bits per heavy atom. The van der Waals surface area contributed by atoms with Gasteiger partial charge in [0.1, 0.15) is 5.69 Å². The zero-order valence-electron chi connectivity index (χ0n) is 15.0. The van der Waals surface area contributed by atoms with E-state index in [1.54, 1.807) is 0 Å². The molecule has 0 atom stereocenters. The summed E-state index contributed by atoms with van der Waals surface area (Å²) in [5.74, 6) is -0.0559. The summed E-state index contributed by atoms with van der Waals surface area (Å²) in [5.41, 5.74) is 8.00. The third kappa shape index (κ3) is 4.08. The van der Waals surface area contributed by atoms with Crippen molar-refractivity contribution in [3.8, 4) is 0 Å². The van der Waals surface area contributed by atoms with Gasteiger partial charge in [0.2, 0.25) is 10.0 Å². The third-order valence-corrected chi connectivity index (χ3v) is 6.85. The number of aromatic amines is 1. The molecule has 0 bridgehead atoms. The van der Waals surface area contributed by atoms with Gasteiger partial charge in [-0.15, -0.1) is 0 Å². The molecule has 8 heteroatoms. The van der Waals surface area contributed by atoms with Gasteiger partial charge in [-0.2, -0.15) is 0 Å². The average molecular weight is 378 g/mol. The van der Waals surface area contributed by atoms with Crippen LogP contribution in [0, 0.1) is 6.92 Å². The van der Waals surface area contributed by atoms with Gasteiger partial charge in [0.25, 0.3) is 5.91 Å². The van der Waals surface area contributed by atoms with Crippen LogP contribution in [0.3, 0.4) is 0 Å². The Bertz CT molecular complexity index is 883. The third-order valence-electron chi connectivity index (χ3n) is 4.90. The maximum atomic E-state index is 12.5. The molecule has 26 heavy (non-hydrogen) atoms. The van der Waals surface area contributed by atoms with Crippen LogP contribution in [-0.2, 0) is 10.0 Å². The fourth-order valence-electron chi connectivity index (χ4n) is 3.37. The number of aromatic nitrogens is 1.